The molecule has 1 aromatic rings. The number of aryl methyl sites for hydroxylation is 1. The molecule has 1 fully saturated rings. The SMILES string of the molecule is Cc1ccccc1OCCNCCN1CCOCC1.Cl. The van der Waals surface area contributed by atoms with Gasteiger partial charge in [-0.05, 0) is 18.6 Å². The minimum Gasteiger partial charge on any atom is -0.492 e. The van der Waals surface area contributed by atoms with E-state index in [4.69, 9.17) is 9.47 Å². The summed E-state index contributed by atoms with van der Waals surface area (Å²) in [4.78, 5) is 2.43. The van der Waals surface area contributed by atoms with Crippen LogP contribution in [0, 0.1) is 6.92 Å². The van der Waals surface area contributed by atoms with Gasteiger partial charge >= 0.3 is 0 Å². The molecule has 1 N–H and O–H groups in total. The van der Waals surface area contributed by atoms with Gasteiger partial charge in [0.1, 0.15) is 12.4 Å². The van der Waals surface area contributed by atoms with Crippen molar-refractivity contribution in [3.8, 4) is 5.75 Å². The topological polar surface area (TPSA) is 33.7 Å². The van der Waals surface area contributed by atoms with Crippen molar-refractivity contribution in [2.45, 2.75) is 6.92 Å². The van der Waals surface area contributed by atoms with Crippen LogP contribution in [0.25, 0.3) is 0 Å². The van der Waals surface area contributed by atoms with Crippen LogP contribution >= 0.6 is 12.4 Å². The normalized spacial score (nSPS) is 15.7. The van der Waals surface area contributed by atoms with E-state index in [-0.39, 0.29) is 12.4 Å². The fourth-order valence-electron chi connectivity index (χ4n) is 2.14. The number of ether oxygens (including phenoxy) is 2. The Labute approximate surface area is 127 Å². The Bertz CT molecular complexity index is 371. The first-order valence-electron chi connectivity index (χ1n) is 7.05. The van der Waals surface area contributed by atoms with Gasteiger partial charge in [0.15, 0.2) is 0 Å². The van der Waals surface area contributed by atoms with Crippen LogP contribution in [0.5, 0.6) is 5.75 Å². The van der Waals surface area contributed by atoms with Crippen molar-refractivity contribution in [1.82, 2.24) is 10.2 Å². The highest BCUT2D eigenvalue weighted by Crippen LogP contribution is 2.15. The molecule has 2 rings (SSSR count). The minimum absolute atomic E-state index is 0. The Hall–Kier alpha value is -0.810. The number of benzene rings is 1. The molecule has 4 nitrogen and oxygen atoms in total. The van der Waals surface area contributed by atoms with E-state index in [1.54, 1.807) is 0 Å². The van der Waals surface area contributed by atoms with Gasteiger partial charge < -0.3 is 14.8 Å². The van der Waals surface area contributed by atoms with Crippen molar-refractivity contribution in [2.75, 3.05) is 52.5 Å². The summed E-state index contributed by atoms with van der Waals surface area (Å²) in [5, 5.41) is 3.41. The second-order valence-corrected chi connectivity index (χ2v) is 4.82. The fourth-order valence-corrected chi connectivity index (χ4v) is 2.14. The van der Waals surface area contributed by atoms with Gasteiger partial charge in [-0.1, -0.05) is 18.2 Å². The predicted octanol–water partition coefficient (Wildman–Crippen LogP) is 1.72. The standard InChI is InChI=1S/C15H24N2O2.ClH/c1-14-4-2-3-5-15(14)19-11-7-16-6-8-17-9-12-18-13-10-17;/h2-5,16H,6-13H2,1H3;1H. The molecule has 1 heterocycles. The third-order valence-corrected chi connectivity index (χ3v) is 3.34. The third-order valence-electron chi connectivity index (χ3n) is 3.34. The van der Waals surface area contributed by atoms with E-state index < -0.39 is 0 Å². The summed E-state index contributed by atoms with van der Waals surface area (Å²) in [6.07, 6.45) is 0. The van der Waals surface area contributed by atoms with Gasteiger partial charge in [-0.15, -0.1) is 12.4 Å². The highest BCUT2D eigenvalue weighted by Gasteiger charge is 2.08. The van der Waals surface area contributed by atoms with Gasteiger partial charge in [0.05, 0.1) is 13.2 Å². The monoisotopic (exact) mass is 300 g/mol. The summed E-state index contributed by atoms with van der Waals surface area (Å²) in [6, 6.07) is 8.13. The number of hydrogen-bond donors (Lipinski definition) is 1. The van der Waals surface area contributed by atoms with Gasteiger partial charge in [0.25, 0.3) is 0 Å². The molecule has 1 aliphatic heterocycles. The lowest BCUT2D eigenvalue weighted by Gasteiger charge is -2.26. The van der Waals surface area contributed by atoms with Crippen LogP contribution in [0.2, 0.25) is 0 Å². The smallest absolute Gasteiger partial charge is 0.122 e. The molecular formula is C15H25ClN2O2. The minimum atomic E-state index is 0. The van der Waals surface area contributed by atoms with Crippen LogP contribution in [0.3, 0.4) is 0 Å². The van der Waals surface area contributed by atoms with Crippen LogP contribution in [-0.2, 0) is 4.74 Å². The van der Waals surface area contributed by atoms with E-state index in [1.807, 2.05) is 18.2 Å². The van der Waals surface area contributed by atoms with E-state index >= 15 is 0 Å². The van der Waals surface area contributed by atoms with Crippen molar-refractivity contribution in [2.24, 2.45) is 0 Å². The maximum absolute atomic E-state index is 5.73. The quantitative estimate of drug-likeness (QED) is 0.778. The summed E-state index contributed by atoms with van der Waals surface area (Å²) >= 11 is 0. The molecule has 114 valence electrons. The van der Waals surface area contributed by atoms with Crippen molar-refractivity contribution in [3.05, 3.63) is 29.8 Å². The van der Waals surface area contributed by atoms with Crippen LogP contribution < -0.4 is 10.1 Å². The van der Waals surface area contributed by atoms with E-state index in [0.29, 0.717) is 6.61 Å². The number of nitrogens with one attached hydrogen (secondary N) is 1. The Kier molecular flexibility index (Phi) is 8.62. The van der Waals surface area contributed by atoms with Crippen LogP contribution in [0.15, 0.2) is 24.3 Å². The third kappa shape index (κ3) is 6.09. The number of halogens is 1. The molecule has 0 unspecified atom stereocenters. The highest BCUT2D eigenvalue weighted by atomic mass is 35.5. The molecule has 0 aromatic heterocycles. The first kappa shape index (κ1) is 17.2. The van der Waals surface area contributed by atoms with Crippen LogP contribution in [0.4, 0.5) is 0 Å². The van der Waals surface area contributed by atoms with Crippen molar-refractivity contribution in [3.63, 3.8) is 0 Å². The maximum atomic E-state index is 5.73. The summed E-state index contributed by atoms with van der Waals surface area (Å²) in [5.74, 6) is 0.984. The molecule has 0 saturated carbocycles. The predicted molar refractivity (Wildman–Crippen MR) is 84.1 cm³/mol. The zero-order valence-electron chi connectivity index (χ0n) is 12.1. The second kappa shape index (κ2) is 10.00. The van der Waals surface area contributed by atoms with Gasteiger partial charge in [-0.2, -0.15) is 0 Å². The van der Waals surface area contributed by atoms with Crippen LogP contribution in [-0.4, -0.2) is 57.4 Å². The molecule has 0 amide bonds. The second-order valence-electron chi connectivity index (χ2n) is 4.82. The molecular weight excluding hydrogens is 276 g/mol. The lowest BCUT2D eigenvalue weighted by Crippen LogP contribution is -2.40. The number of morpholine rings is 1. The number of hydrogen-bond acceptors (Lipinski definition) is 4. The van der Waals surface area contributed by atoms with E-state index in [1.165, 1.54) is 5.56 Å². The van der Waals surface area contributed by atoms with Crippen molar-refractivity contribution < 1.29 is 9.47 Å². The molecule has 0 atom stereocenters. The van der Waals surface area contributed by atoms with Crippen LogP contribution in [0.1, 0.15) is 5.56 Å². The maximum Gasteiger partial charge on any atom is 0.122 e. The molecule has 0 spiro atoms. The van der Waals surface area contributed by atoms with Gasteiger partial charge in [-0.3, -0.25) is 4.90 Å². The molecule has 1 saturated heterocycles. The number of para-hydroxylation sites is 1. The van der Waals surface area contributed by atoms with Gasteiger partial charge in [-0.25, -0.2) is 0 Å². The van der Waals surface area contributed by atoms with Crippen molar-refractivity contribution >= 4 is 12.4 Å². The molecule has 20 heavy (non-hydrogen) atoms. The van der Waals surface area contributed by atoms with E-state index in [9.17, 15) is 0 Å². The fraction of sp³-hybridized carbons (Fsp3) is 0.600. The van der Waals surface area contributed by atoms with Crippen molar-refractivity contribution in [1.29, 1.82) is 0 Å². The Morgan fingerprint density at radius 2 is 1.95 bits per heavy atom. The molecule has 1 aliphatic rings. The number of rotatable bonds is 7. The molecule has 0 bridgehead atoms. The lowest BCUT2D eigenvalue weighted by molar-refractivity contribution is 0.0383. The summed E-state index contributed by atoms with van der Waals surface area (Å²) in [7, 11) is 0. The van der Waals surface area contributed by atoms with Gasteiger partial charge in [0.2, 0.25) is 0 Å². The molecule has 0 radical (unpaired) electrons. The first-order valence-corrected chi connectivity index (χ1v) is 7.05. The summed E-state index contributed by atoms with van der Waals surface area (Å²) < 4.78 is 11.1. The Balaban J connectivity index is 0.00000200. The molecule has 5 heteroatoms. The van der Waals surface area contributed by atoms with E-state index in [0.717, 1.165) is 51.7 Å². The number of nitrogens with zero attached hydrogens (tertiary/aromatic N) is 1. The highest BCUT2D eigenvalue weighted by molar-refractivity contribution is 5.85. The summed E-state index contributed by atoms with van der Waals surface area (Å²) in [6.45, 7) is 9.63. The van der Waals surface area contributed by atoms with Gasteiger partial charge in [0, 0.05) is 32.7 Å². The average Bonchev–Trinajstić information content (AvgIpc) is 2.45. The first-order chi connectivity index (χ1) is 9.36. The summed E-state index contributed by atoms with van der Waals surface area (Å²) in [5.41, 5.74) is 1.19. The Morgan fingerprint density at radius 3 is 2.70 bits per heavy atom. The van der Waals surface area contributed by atoms with E-state index in [2.05, 4.69) is 23.2 Å². The average molecular weight is 301 g/mol. The molecule has 1 aromatic carbocycles. The zero-order valence-corrected chi connectivity index (χ0v) is 13.0. The zero-order chi connectivity index (χ0) is 13.3. The largest absolute Gasteiger partial charge is 0.492 e. The lowest BCUT2D eigenvalue weighted by atomic mass is 10.2. The molecule has 0 aliphatic carbocycles. The Morgan fingerprint density at radius 1 is 1.20 bits per heavy atom.